The molecule has 2 bridgehead atoms. The van der Waals surface area contributed by atoms with E-state index in [4.69, 9.17) is 13.6 Å². The minimum absolute atomic E-state index is 0.0353. The van der Waals surface area contributed by atoms with Crippen molar-refractivity contribution in [3.05, 3.63) is 47.8 Å². The van der Waals surface area contributed by atoms with Crippen LogP contribution in [-0.2, 0) is 11.3 Å². The van der Waals surface area contributed by atoms with Crippen molar-refractivity contribution in [1.82, 2.24) is 10.2 Å². The summed E-state index contributed by atoms with van der Waals surface area (Å²) in [6, 6.07) is 7.49. The Morgan fingerprint density at radius 1 is 1.38 bits per heavy atom. The molecule has 5 heterocycles. The molecule has 6 heteroatoms. The Hall–Kier alpha value is -2.05. The van der Waals surface area contributed by atoms with Crippen molar-refractivity contribution >= 4 is 5.91 Å². The molecule has 0 unspecified atom stereocenters. The molecule has 3 aliphatic heterocycles. The molecule has 0 radical (unpaired) electrons. The molecule has 3 saturated heterocycles. The highest BCUT2D eigenvalue weighted by Crippen LogP contribution is 2.54. The molecule has 0 aromatic carbocycles. The van der Waals surface area contributed by atoms with Gasteiger partial charge >= 0.3 is 0 Å². The molecule has 2 aromatic rings. The third kappa shape index (κ3) is 2.59. The number of nitrogens with one attached hydrogen (secondary N) is 1. The number of amides is 1. The van der Waals surface area contributed by atoms with Gasteiger partial charge in [-0.05, 0) is 44.0 Å². The van der Waals surface area contributed by atoms with Gasteiger partial charge in [0.25, 0.3) is 5.91 Å². The smallest absolute Gasteiger partial charge is 0.286 e. The van der Waals surface area contributed by atoms with Crippen molar-refractivity contribution in [1.29, 1.82) is 0 Å². The Bertz CT molecular complexity index is 799. The van der Waals surface area contributed by atoms with E-state index in [0.29, 0.717) is 24.1 Å². The Morgan fingerprint density at radius 3 is 3.08 bits per heavy atom. The van der Waals surface area contributed by atoms with Crippen LogP contribution in [0.15, 0.2) is 39.4 Å². The first kappa shape index (κ1) is 16.1. The zero-order chi connectivity index (χ0) is 17.7. The van der Waals surface area contributed by atoms with Crippen LogP contribution in [-0.4, -0.2) is 42.1 Å². The lowest BCUT2D eigenvalue weighted by Gasteiger charge is -2.29. The number of nitrogens with zero attached hydrogens (tertiary/aromatic N) is 1. The monoisotopic (exact) mass is 356 g/mol. The van der Waals surface area contributed by atoms with Crippen molar-refractivity contribution in [2.75, 3.05) is 19.6 Å². The van der Waals surface area contributed by atoms with Crippen molar-refractivity contribution in [2.45, 2.75) is 38.0 Å². The second kappa shape index (κ2) is 5.99. The highest BCUT2D eigenvalue weighted by atomic mass is 16.5. The van der Waals surface area contributed by atoms with E-state index in [1.165, 1.54) is 6.26 Å². The maximum atomic E-state index is 12.2. The average molecular weight is 356 g/mol. The van der Waals surface area contributed by atoms with E-state index in [2.05, 4.69) is 16.3 Å². The molecule has 0 aliphatic carbocycles. The van der Waals surface area contributed by atoms with Crippen LogP contribution in [0.2, 0.25) is 0 Å². The molecule has 1 N–H and O–H groups in total. The number of carbonyl (C=O) groups excluding carboxylic acids is 1. The van der Waals surface area contributed by atoms with Crippen molar-refractivity contribution < 1.29 is 18.4 Å². The Morgan fingerprint density at radius 2 is 2.31 bits per heavy atom. The molecular formula is C20H24N2O4. The third-order valence-corrected chi connectivity index (χ3v) is 6.27. The number of carbonyl (C=O) groups is 1. The van der Waals surface area contributed by atoms with E-state index in [-0.39, 0.29) is 17.6 Å². The molecule has 138 valence electrons. The van der Waals surface area contributed by atoms with Crippen molar-refractivity contribution in [3.8, 4) is 0 Å². The number of rotatable bonds is 5. The summed E-state index contributed by atoms with van der Waals surface area (Å²) in [4.78, 5) is 14.6. The van der Waals surface area contributed by atoms with E-state index in [1.807, 2.05) is 13.0 Å². The second-order valence-electron chi connectivity index (χ2n) is 7.90. The van der Waals surface area contributed by atoms with Crippen LogP contribution in [0.25, 0.3) is 0 Å². The number of likely N-dealkylation sites (tertiary alicyclic amines) is 1. The van der Waals surface area contributed by atoms with E-state index >= 15 is 0 Å². The van der Waals surface area contributed by atoms with Gasteiger partial charge in [-0.1, -0.05) is 0 Å². The standard InChI is InChI=1S/C20H24N2O4/c1-13-4-5-14(25-13)10-22-11-16-15(17-6-7-20(16,12-22)26-17)9-21-19(23)18-3-2-8-24-18/h2-5,8,15-17H,6-7,9-12H2,1H3,(H,21,23)/t15-,16+,17+,20+/m0/s1. The van der Waals surface area contributed by atoms with Gasteiger partial charge < -0.3 is 18.9 Å². The molecule has 3 aliphatic rings. The Balaban J connectivity index is 1.25. The first-order valence-corrected chi connectivity index (χ1v) is 9.40. The topological polar surface area (TPSA) is 67.9 Å². The van der Waals surface area contributed by atoms with Crippen LogP contribution in [0.4, 0.5) is 0 Å². The lowest BCUT2D eigenvalue weighted by molar-refractivity contribution is 0.00166. The van der Waals surface area contributed by atoms with Gasteiger partial charge in [-0.2, -0.15) is 0 Å². The zero-order valence-corrected chi connectivity index (χ0v) is 14.9. The number of hydrogen-bond donors (Lipinski definition) is 1. The van der Waals surface area contributed by atoms with Crippen LogP contribution < -0.4 is 5.32 Å². The number of fused-ring (bicyclic) bond motifs is 1. The van der Waals surface area contributed by atoms with Gasteiger partial charge in [0.1, 0.15) is 11.5 Å². The molecule has 26 heavy (non-hydrogen) atoms. The summed E-state index contributed by atoms with van der Waals surface area (Å²) in [5.41, 5.74) is -0.0353. The number of hydrogen-bond acceptors (Lipinski definition) is 5. The van der Waals surface area contributed by atoms with Gasteiger partial charge in [0, 0.05) is 31.5 Å². The summed E-state index contributed by atoms with van der Waals surface area (Å²) < 4.78 is 17.4. The van der Waals surface area contributed by atoms with Gasteiger partial charge in [0.05, 0.1) is 24.5 Å². The van der Waals surface area contributed by atoms with Crippen LogP contribution in [0.1, 0.15) is 34.9 Å². The highest BCUT2D eigenvalue weighted by molar-refractivity contribution is 5.91. The molecule has 1 amide bonds. The van der Waals surface area contributed by atoms with Gasteiger partial charge in [-0.15, -0.1) is 0 Å². The number of aryl methyl sites for hydroxylation is 1. The number of furan rings is 2. The van der Waals surface area contributed by atoms with Gasteiger partial charge in [0.15, 0.2) is 5.76 Å². The average Bonchev–Trinajstić information content (AvgIpc) is 3.40. The second-order valence-corrected chi connectivity index (χ2v) is 7.90. The molecule has 3 fully saturated rings. The zero-order valence-electron chi connectivity index (χ0n) is 14.9. The lowest BCUT2D eigenvalue weighted by Crippen LogP contribution is -2.41. The summed E-state index contributed by atoms with van der Waals surface area (Å²) in [6.07, 6.45) is 4.00. The van der Waals surface area contributed by atoms with Crippen LogP contribution in [0, 0.1) is 18.8 Å². The summed E-state index contributed by atoms with van der Waals surface area (Å²) in [5.74, 6) is 3.02. The van der Waals surface area contributed by atoms with Crippen LogP contribution in [0.5, 0.6) is 0 Å². The lowest BCUT2D eigenvalue weighted by atomic mass is 9.73. The summed E-state index contributed by atoms with van der Waals surface area (Å²) in [6.45, 7) is 5.40. The maximum Gasteiger partial charge on any atom is 0.286 e. The fraction of sp³-hybridized carbons (Fsp3) is 0.550. The maximum absolute atomic E-state index is 12.2. The summed E-state index contributed by atoms with van der Waals surface area (Å²) in [7, 11) is 0. The van der Waals surface area contributed by atoms with E-state index in [9.17, 15) is 4.79 Å². The Kier molecular flexibility index (Phi) is 3.72. The van der Waals surface area contributed by atoms with Gasteiger partial charge in [-0.3, -0.25) is 9.69 Å². The minimum atomic E-state index is -0.146. The molecule has 4 atom stereocenters. The molecular weight excluding hydrogens is 332 g/mol. The van der Waals surface area contributed by atoms with Crippen molar-refractivity contribution in [2.24, 2.45) is 11.8 Å². The summed E-state index contributed by atoms with van der Waals surface area (Å²) in [5, 5.41) is 3.04. The third-order valence-electron chi connectivity index (χ3n) is 6.27. The predicted molar refractivity (Wildman–Crippen MR) is 93.6 cm³/mol. The molecule has 1 spiro atoms. The fourth-order valence-electron chi connectivity index (χ4n) is 5.18. The fourth-order valence-corrected chi connectivity index (χ4v) is 5.18. The van der Waals surface area contributed by atoms with E-state index in [1.54, 1.807) is 12.1 Å². The van der Waals surface area contributed by atoms with E-state index in [0.717, 1.165) is 44.0 Å². The Labute approximate surface area is 152 Å². The molecule has 6 nitrogen and oxygen atoms in total. The minimum Gasteiger partial charge on any atom is -0.465 e. The highest BCUT2D eigenvalue weighted by Gasteiger charge is 2.62. The number of ether oxygens (including phenoxy) is 1. The van der Waals surface area contributed by atoms with Gasteiger partial charge in [-0.25, -0.2) is 0 Å². The van der Waals surface area contributed by atoms with Crippen LogP contribution >= 0.6 is 0 Å². The predicted octanol–water partition coefficient (Wildman–Crippen LogP) is 2.59. The normalized spacial score (nSPS) is 32.9. The van der Waals surface area contributed by atoms with E-state index < -0.39 is 0 Å². The molecule has 0 saturated carbocycles. The first-order chi connectivity index (χ1) is 12.6. The quantitative estimate of drug-likeness (QED) is 0.892. The van der Waals surface area contributed by atoms with Crippen LogP contribution in [0.3, 0.4) is 0 Å². The SMILES string of the molecule is Cc1ccc(CN2C[C@@H]3[C@H](CNC(=O)c4ccco4)[C@H]4CC[C@]3(C2)O4)o1. The molecule has 2 aromatic heterocycles. The van der Waals surface area contributed by atoms with Gasteiger partial charge in [0.2, 0.25) is 0 Å². The molecule has 5 rings (SSSR count). The first-order valence-electron chi connectivity index (χ1n) is 9.40. The van der Waals surface area contributed by atoms with Crippen molar-refractivity contribution in [3.63, 3.8) is 0 Å². The summed E-state index contributed by atoms with van der Waals surface area (Å²) >= 11 is 0. The largest absolute Gasteiger partial charge is 0.465 e.